The van der Waals surface area contributed by atoms with Gasteiger partial charge in [-0.05, 0) is 91.1 Å². The third-order valence-corrected chi connectivity index (χ3v) is 15.5. The summed E-state index contributed by atoms with van der Waals surface area (Å²) in [6.45, 7) is 1.88. The second-order valence-electron chi connectivity index (χ2n) is 21.1. The zero-order valence-corrected chi connectivity index (χ0v) is 46.3. The van der Waals surface area contributed by atoms with Crippen LogP contribution in [0.25, 0.3) is 0 Å². The molecule has 85 heavy (non-hydrogen) atoms. The Hall–Kier alpha value is -7.90. The average molecular weight is 1180 g/mol. The van der Waals surface area contributed by atoms with Gasteiger partial charge in [-0.3, -0.25) is 9.59 Å². The fraction of sp³-hybridized carbons (Fsp3) is 0.467. The number of hydrogen-bond acceptors (Lipinski definition) is 21. The van der Waals surface area contributed by atoms with E-state index in [2.05, 4.69) is 38.1 Å². The van der Waals surface area contributed by atoms with Gasteiger partial charge >= 0.3 is 12.1 Å². The number of fused-ring (bicyclic) bond motifs is 7. The van der Waals surface area contributed by atoms with E-state index in [4.69, 9.17) is 42.6 Å². The Morgan fingerprint density at radius 3 is 2.12 bits per heavy atom. The van der Waals surface area contributed by atoms with Crippen LogP contribution in [-0.2, 0) is 67.7 Å². The van der Waals surface area contributed by atoms with Crippen molar-refractivity contribution in [3.05, 3.63) is 119 Å². The minimum Gasteiger partial charge on any atom is -0.508 e. The summed E-state index contributed by atoms with van der Waals surface area (Å²) in [5, 5.41) is 76.3. The number of ether oxygens (including phenoxy) is 9. The standard InChI is InChI=1S/C60H68N6O19/c67-33-51-53(71)54(72)55(73)58(84-51)81-19-17-35-7-12-40(13-8-35)80-26-25-79-24-23-78-22-21-77-20-18-66-32-37(64-65-66)28-48(63-59(76)82-34-44-41-5-3-1-2-4-6-42(41)44)56(74)61-31-52(70)62-36-9-14-45-43(27-36)57(75)85-60(45)46-15-10-38(68)29-49(46)83-50-30-39(69)11-16-47(50)60/h7-16,27,29-30,32,41-42,44,48,51,53-55,58,67-69,71-73H,3-6,17-26,28,31,33-34H2,(H,61,74)(H,62,70)(H,63,76)/t41-,42+,44?,48-,51+,53+,54-,55+,58+/m0/s1. The second-order valence-corrected chi connectivity index (χ2v) is 21.1. The van der Waals surface area contributed by atoms with Crippen LogP contribution < -0.4 is 25.4 Å². The summed E-state index contributed by atoms with van der Waals surface area (Å²) < 4.78 is 53.0. The Labute approximate surface area is 488 Å². The monoisotopic (exact) mass is 1180 g/mol. The van der Waals surface area contributed by atoms with Gasteiger partial charge in [0.05, 0.1) is 83.8 Å². The van der Waals surface area contributed by atoms with Gasteiger partial charge in [-0.2, -0.15) is 0 Å². The number of aliphatic hydroxyl groups is 4. The molecular formula is C60H68N6O19. The zero-order chi connectivity index (χ0) is 59.5. The first-order chi connectivity index (χ1) is 41.3. The molecule has 1 saturated carbocycles. The average Bonchev–Trinajstić information content (AvgIpc) is 1.68. The lowest BCUT2D eigenvalue weighted by Crippen LogP contribution is -2.59. The molecule has 1 aromatic heterocycles. The number of phenols is 2. The molecule has 9 atom stereocenters. The number of hydrogen-bond donors (Lipinski definition) is 9. The fourth-order valence-electron chi connectivity index (χ4n) is 11.0. The maximum absolute atomic E-state index is 13.8. The number of benzene rings is 4. The van der Waals surface area contributed by atoms with Crippen molar-refractivity contribution in [2.45, 2.75) is 87.4 Å². The zero-order valence-electron chi connectivity index (χ0n) is 46.3. The normalized spacial score (nSPS) is 22.5. The minimum atomic E-state index is -1.50. The Morgan fingerprint density at radius 2 is 1.44 bits per heavy atom. The molecule has 25 nitrogen and oxygen atoms in total. The first-order valence-corrected chi connectivity index (χ1v) is 28.2. The van der Waals surface area contributed by atoms with Crippen molar-refractivity contribution < 1.29 is 92.4 Å². The van der Waals surface area contributed by atoms with E-state index in [-0.39, 0.29) is 66.4 Å². The van der Waals surface area contributed by atoms with E-state index < -0.39 is 79.4 Å². The Bertz CT molecular complexity index is 3150. The fourth-order valence-corrected chi connectivity index (χ4v) is 11.0. The molecule has 3 aliphatic heterocycles. The van der Waals surface area contributed by atoms with Crippen LogP contribution in [0.3, 0.4) is 0 Å². The van der Waals surface area contributed by atoms with Gasteiger partial charge in [0, 0.05) is 60.0 Å². The van der Waals surface area contributed by atoms with Crippen LogP contribution in [0.2, 0.25) is 0 Å². The molecule has 10 rings (SSSR count). The molecule has 4 heterocycles. The SMILES string of the molecule is O=C(CNC(=O)[C@H](Cc1cn(CCOCCOCCOCCOc2ccc(CCO[C@@H]3O[C@H](CO)[C@@H](O)[C@H](O)[C@H]3O)cc2)nn1)NC(=O)OCC1[C@H]2CCC#CCC[C@@H]12)Nc1ccc2c(c1)C(=O)OC21c2ccc(O)cc2Oc2cc(O)ccc21. The van der Waals surface area contributed by atoms with E-state index in [1.807, 2.05) is 24.3 Å². The van der Waals surface area contributed by atoms with E-state index >= 15 is 0 Å². The highest BCUT2D eigenvalue weighted by Crippen LogP contribution is 2.57. The van der Waals surface area contributed by atoms with Gasteiger partial charge in [0.25, 0.3) is 0 Å². The highest BCUT2D eigenvalue weighted by Gasteiger charge is 2.54. The van der Waals surface area contributed by atoms with Gasteiger partial charge < -0.3 is 89.2 Å². The predicted molar refractivity (Wildman–Crippen MR) is 296 cm³/mol. The molecule has 5 aromatic rings. The summed E-state index contributed by atoms with van der Waals surface area (Å²) in [5.74, 6) is 6.33. The van der Waals surface area contributed by atoms with E-state index in [0.29, 0.717) is 92.6 Å². The molecule has 1 unspecified atom stereocenters. The van der Waals surface area contributed by atoms with Crippen molar-refractivity contribution in [1.29, 1.82) is 0 Å². The molecule has 4 aromatic carbocycles. The van der Waals surface area contributed by atoms with Gasteiger partial charge in [-0.25, -0.2) is 14.3 Å². The van der Waals surface area contributed by atoms with Crippen LogP contribution in [-0.4, -0.2) is 179 Å². The van der Waals surface area contributed by atoms with E-state index in [1.165, 1.54) is 30.3 Å². The molecule has 0 bridgehead atoms. The smallest absolute Gasteiger partial charge is 0.407 e. The van der Waals surface area contributed by atoms with Gasteiger partial charge in [0.1, 0.15) is 65.8 Å². The molecule has 25 heteroatoms. The Balaban J connectivity index is 0.642. The summed E-state index contributed by atoms with van der Waals surface area (Å²) in [5.41, 5.74) is 1.50. The number of alkyl carbamates (subject to hydrolysis) is 1. The Kier molecular flexibility index (Phi) is 19.7. The highest BCUT2D eigenvalue weighted by molar-refractivity contribution is 6.00. The van der Waals surface area contributed by atoms with Gasteiger partial charge in [0.2, 0.25) is 11.8 Å². The van der Waals surface area contributed by atoms with Crippen molar-refractivity contribution in [2.75, 3.05) is 77.9 Å². The maximum Gasteiger partial charge on any atom is 0.407 e. The minimum absolute atomic E-state index is 0.0840. The number of amides is 3. The van der Waals surface area contributed by atoms with Gasteiger partial charge in [0.15, 0.2) is 11.9 Å². The quantitative estimate of drug-likeness (QED) is 0.0207. The van der Waals surface area contributed by atoms with Crippen LogP contribution in [0.5, 0.6) is 28.7 Å². The number of aromatic nitrogens is 3. The summed E-state index contributed by atoms with van der Waals surface area (Å²) >= 11 is 0. The van der Waals surface area contributed by atoms with Gasteiger partial charge in [-0.1, -0.05) is 23.4 Å². The lowest BCUT2D eigenvalue weighted by Gasteiger charge is -2.39. The number of carbonyl (C=O) groups is 4. The molecule has 2 fully saturated rings. The lowest BCUT2D eigenvalue weighted by molar-refractivity contribution is -0.300. The first-order valence-electron chi connectivity index (χ1n) is 28.2. The largest absolute Gasteiger partial charge is 0.508 e. The number of carbonyl (C=O) groups excluding carboxylic acids is 4. The number of rotatable bonds is 27. The summed E-state index contributed by atoms with van der Waals surface area (Å²) in [4.78, 5) is 54.2. The van der Waals surface area contributed by atoms with Crippen molar-refractivity contribution in [2.24, 2.45) is 17.8 Å². The second kappa shape index (κ2) is 27.9. The summed E-state index contributed by atoms with van der Waals surface area (Å²) in [7, 11) is 0. The third kappa shape index (κ3) is 14.6. The molecule has 3 amide bonds. The van der Waals surface area contributed by atoms with Crippen LogP contribution >= 0.6 is 0 Å². The maximum atomic E-state index is 13.8. The van der Waals surface area contributed by atoms with Gasteiger partial charge in [-0.15, -0.1) is 16.9 Å². The Morgan fingerprint density at radius 1 is 0.776 bits per heavy atom. The van der Waals surface area contributed by atoms with Crippen LogP contribution in [0, 0.1) is 29.6 Å². The molecule has 1 spiro atoms. The molecule has 2 aliphatic carbocycles. The topological polar surface area (TPSA) is 340 Å². The number of nitrogens with zero attached hydrogens (tertiary/aromatic N) is 3. The van der Waals surface area contributed by atoms with Crippen LogP contribution in [0.4, 0.5) is 10.5 Å². The number of nitrogens with one attached hydrogen (secondary N) is 3. The number of esters is 1. The van der Waals surface area contributed by atoms with Crippen molar-refractivity contribution in [3.8, 4) is 40.6 Å². The van der Waals surface area contributed by atoms with Crippen molar-refractivity contribution in [3.63, 3.8) is 0 Å². The molecule has 9 N–H and O–H groups in total. The van der Waals surface area contributed by atoms with Crippen LogP contribution in [0.15, 0.2) is 85.1 Å². The van der Waals surface area contributed by atoms with Crippen LogP contribution in [0.1, 0.15) is 64.0 Å². The molecule has 5 aliphatic rings. The number of aliphatic hydroxyl groups excluding tert-OH is 4. The summed E-state index contributed by atoms with van der Waals surface area (Å²) in [6.07, 6.45) is -1.90. The number of phenolic OH excluding ortho intramolecular Hbond substituents is 2. The number of anilines is 1. The van der Waals surface area contributed by atoms with E-state index in [9.17, 15) is 49.8 Å². The molecule has 0 radical (unpaired) electrons. The first kappa shape index (κ1) is 60.2. The summed E-state index contributed by atoms with van der Waals surface area (Å²) in [6, 6.07) is 19.7. The van der Waals surface area contributed by atoms with Crippen molar-refractivity contribution in [1.82, 2.24) is 25.6 Å². The molecular weight excluding hydrogens is 1110 g/mol. The molecule has 1 saturated heterocycles. The van der Waals surface area contributed by atoms with E-state index in [0.717, 1.165) is 31.2 Å². The highest BCUT2D eigenvalue weighted by atomic mass is 16.7. The molecule has 452 valence electrons. The van der Waals surface area contributed by atoms with E-state index in [1.54, 1.807) is 35.1 Å². The third-order valence-electron chi connectivity index (χ3n) is 15.5. The predicted octanol–water partition coefficient (Wildman–Crippen LogP) is 2.58. The lowest BCUT2D eigenvalue weighted by atomic mass is 9.77. The number of aromatic hydroxyl groups is 2. The van der Waals surface area contributed by atoms with Crippen molar-refractivity contribution >= 4 is 29.6 Å².